The second-order valence-electron chi connectivity index (χ2n) is 7.79. The molecule has 1 atom stereocenters. The number of rotatable bonds is 3. The number of carbonyl (C=O) groups excluding carboxylic acids is 1. The Morgan fingerprint density at radius 1 is 1.00 bits per heavy atom. The quantitative estimate of drug-likeness (QED) is 0.727. The molecule has 0 saturated carbocycles. The Morgan fingerprint density at radius 3 is 2.70 bits per heavy atom. The van der Waals surface area contributed by atoms with E-state index in [0.717, 1.165) is 24.2 Å². The molecule has 1 aromatic heterocycles. The topological polar surface area (TPSA) is 70.6 Å². The van der Waals surface area contributed by atoms with Crippen molar-refractivity contribution >= 4 is 22.8 Å². The number of morpholine rings is 1. The van der Waals surface area contributed by atoms with Crippen molar-refractivity contribution in [1.29, 1.82) is 0 Å². The van der Waals surface area contributed by atoms with Crippen molar-refractivity contribution in [3.63, 3.8) is 0 Å². The van der Waals surface area contributed by atoms with Crippen molar-refractivity contribution < 1.29 is 9.53 Å². The second-order valence-corrected chi connectivity index (χ2v) is 7.79. The molecule has 2 fully saturated rings. The van der Waals surface area contributed by atoms with Gasteiger partial charge in [0.1, 0.15) is 0 Å². The van der Waals surface area contributed by atoms with Gasteiger partial charge in [0, 0.05) is 44.0 Å². The van der Waals surface area contributed by atoms with Crippen LogP contribution in [0.5, 0.6) is 0 Å². The van der Waals surface area contributed by atoms with Gasteiger partial charge in [-0.25, -0.2) is 14.8 Å². The fraction of sp³-hybridized carbons (Fsp3) is 0.348. The van der Waals surface area contributed by atoms with E-state index < -0.39 is 0 Å². The smallest absolute Gasteiger partial charge is 0.320 e. The first-order chi connectivity index (χ1) is 14.8. The number of nitrogens with zero attached hydrogens (tertiary/aromatic N) is 4. The van der Waals surface area contributed by atoms with Crippen LogP contribution in [0.3, 0.4) is 0 Å². The van der Waals surface area contributed by atoms with Crippen LogP contribution >= 0.6 is 0 Å². The summed E-state index contributed by atoms with van der Waals surface area (Å²) in [6.45, 7) is 4.00. The molecule has 1 N–H and O–H groups in total. The molecule has 2 aromatic carbocycles. The van der Waals surface area contributed by atoms with Crippen LogP contribution in [0.15, 0.2) is 54.7 Å². The standard InChI is InChI=1S/C23H25N5O2/c29-23(27-11-13-30-14-12-27)28-10-8-20(16-28)25-22-24-9-7-21(26-22)19-6-5-17-3-1-2-4-18(17)15-19/h1-7,9,15,20H,8,10-14,16H2,(H,24,25,26)/t20-/m0/s1. The van der Waals surface area contributed by atoms with Gasteiger partial charge < -0.3 is 19.9 Å². The summed E-state index contributed by atoms with van der Waals surface area (Å²) in [7, 11) is 0. The zero-order valence-corrected chi connectivity index (χ0v) is 16.8. The average molecular weight is 403 g/mol. The predicted octanol–water partition coefficient (Wildman–Crippen LogP) is 3.24. The number of ether oxygens (including phenoxy) is 1. The van der Waals surface area contributed by atoms with Gasteiger partial charge in [0.05, 0.1) is 18.9 Å². The van der Waals surface area contributed by atoms with Crippen molar-refractivity contribution in [3.05, 3.63) is 54.7 Å². The third-order valence-corrected chi connectivity index (χ3v) is 5.77. The molecule has 30 heavy (non-hydrogen) atoms. The Kier molecular flexibility index (Phi) is 5.19. The number of benzene rings is 2. The molecule has 0 spiro atoms. The Morgan fingerprint density at radius 2 is 1.83 bits per heavy atom. The summed E-state index contributed by atoms with van der Waals surface area (Å²) in [5.41, 5.74) is 1.95. The van der Waals surface area contributed by atoms with E-state index in [1.807, 2.05) is 28.0 Å². The van der Waals surface area contributed by atoms with E-state index in [9.17, 15) is 4.79 Å². The molecular weight excluding hydrogens is 378 g/mol. The first kappa shape index (κ1) is 18.8. The van der Waals surface area contributed by atoms with Crippen LogP contribution in [0.25, 0.3) is 22.0 Å². The number of aromatic nitrogens is 2. The van der Waals surface area contributed by atoms with E-state index in [2.05, 4.69) is 40.6 Å². The van der Waals surface area contributed by atoms with Crippen molar-refractivity contribution in [2.75, 3.05) is 44.7 Å². The summed E-state index contributed by atoms with van der Waals surface area (Å²) >= 11 is 0. The maximum atomic E-state index is 12.7. The van der Waals surface area contributed by atoms with Crippen LogP contribution in [-0.4, -0.2) is 71.2 Å². The van der Waals surface area contributed by atoms with E-state index in [0.29, 0.717) is 38.8 Å². The fourth-order valence-corrected chi connectivity index (χ4v) is 4.13. The van der Waals surface area contributed by atoms with Gasteiger partial charge in [-0.1, -0.05) is 36.4 Å². The van der Waals surface area contributed by atoms with Crippen LogP contribution in [-0.2, 0) is 4.74 Å². The van der Waals surface area contributed by atoms with E-state index >= 15 is 0 Å². The van der Waals surface area contributed by atoms with Gasteiger partial charge in [-0.3, -0.25) is 0 Å². The second kappa shape index (κ2) is 8.28. The molecule has 3 aromatic rings. The molecule has 2 amide bonds. The largest absolute Gasteiger partial charge is 0.378 e. The minimum atomic E-state index is 0.105. The lowest BCUT2D eigenvalue weighted by molar-refractivity contribution is 0.0451. The SMILES string of the molecule is O=C(N1CCOCC1)N1CC[C@H](Nc2nccc(-c3ccc4ccccc4c3)n2)C1. The molecule has 7 nitrogen and oxygen atoms in total. The molecule has 2 aliphatic rings. The summed E-state index contributed by atoms with van der Waals surface area (Å²) in [5, 5.41) is 5.82. The number of amides is 2. The number of nitrogens with one attached hydrogen (secondary N) is 1. The molecular formula is C23H25N5O2. The van der Waals surface area contributed by atoms with Crippen molar-refractivity contribution in [3.8, 4) is 11.3 Å². The van der Waals surface area contributed by atoms with Crippen molar-refractivity contribution in [2.45, 2.75) is 12.5 Å². The summed E-state index contributed by atoms with van der Waals surface area (Å²) in [6.07, 6.45) is 2.67. The Labute approximate surface area is 175 Å². The summed E-state index contributed by atoms with van der Waals surface area (Å²) in [6, 6.07) is 16.9. The molecule has 154 valence electrons. The number of urea groups is 1. The number of hydrogen-bond donors (Lipinski definition) is 1. The van der Waals surface area contributed by atoms with E-state index in [1.165, 1.54) is 10.8 Å². The minimum absolute atomic E-state index is 0.105. The Hall–Kier alpha value is -3.19. The Bertz CT molecular complexity index is 1050. The molecule has 2 aliphatic heterocycles. The molecule has 0 bridgehead atoms. The average Bonchev–Trinajstić information content (AvgIpc) is 3.27. The van der Waals surface area contributed by atoms with Crippen LogP contribution in [0.1, 0.15) is 6.42 Å². The molecule has 7 heteroatoms. The van der Waals surface area contributed by atoms with E-state index in [-0.39, 0.29) is 12.1 Å². The maximum absolute atomic E-state index is 12.7. The first-order valence-corrected chi connectivity index (χ1v) is 10.5. The van der Waals surface area contributed by atoms with Gasteiger partial charge in [0.25, 0.3) is 0 Å². The lowest BCUT2D eigenvalue weighted by Crippen LogP contribution is -2.47. The highest BCUT2D eigenvalue weighted by Gasteiger charge is 2.30. The van der Waals surface area contributed by atoms with Crippen LogP contribution in [0.2, 0.25) is 0 Å². The molecule has 0 aliphatic carbocycles. The van der Waals surface area contributed by atoms with Crippen LogP contribution in [0, 0.1) is 0 Å². The van der Waals surface area contributed by atoms with Gasteiger partial charge >= 0.3 is 6.03 Å². The summed E-state index contributed by atoms with van der Waals surface area (Å²) in [5.74, 6) is 0.603. The predicted molar refractivity (Wildman–Crippen MR) is 116 cm³/mol. The fourth-order valence-electron chi connectivity index (χ4n) is 4.13. The van der Waals surface area contributed by atoms with Gasteiger partial charge in [0.15, 0.2) is 0 Å². The maximum Gasteiger partial charge on any atom is 0.320 e. The van der Waals surface area contributed by atoms with Crippen LogP contribution in [0.4, 0.5) is 10.7 Å². The van der Waals surface area contributed by atoms with Crippen molar-refractivity contribution in [1.82, 2.24) is 19.8 Å². The van der Waals surface area contributed by atoms with E-state index in [1.54, 1.807) is 6.20 Å². The van der Waals surface area contributed by atoms with Gasteiger partial charge in [-0.15, -0.1) is 0 Å². The normalized spacial score (nSPS) is 19.3. The number of fused-ring (bicyclic) bond motifs is 1. The third kappa shape index (κ3) is 3.93. The zero-order valence-electron chi connectivity index (χ0n) is 16.8. The number of carbonyl (C=O) groups is 1. The van der Waals surface area contributed by atoms with E-state index in [4.69, 9.17) is 9.72 Å². The first-order valence-electron chi connectivity index (χ1n) is 10.5. The lowest BCUT2D eigenvalue weighted by Gasteiger charge is -2.31. The minimum Gasteiger partial charge on any atom is -0.378 e. The van der Waals surface area contributed by atoms with Crippen LogP contribution < -0.4 is 5.32 Å². The molecule has 5 rings (SSSR count). The third-order valence-electron chi connectivity index (χ3n) is 5.77. The highest BCUT2D eigenvalue weighted by molar-refractivity contribution is 5.86. The molecule has 0 radical (unpaired) electrons. The number of anilines is 1. The summed E-state index contributed by atoms with van der Waals surface area (Å²) < 4.78 is 5.34. The van der Waals surface area contributed by atoms with Gasteiger partial charge in [-0.2, -0.15) is 0 Å². The van der Waals surface area contributed by atoms with Crippen molar-refractivity contribution in [2.24, 2.45) is 0 Å². The number of likely N-dealkylation sites (tertiary alicyclic amines) is 1. The highest BCUT2D eigenvalue weighted by Crippen LogP contribution is 2.24. The lowest BCUT2D eigenvalue weighted by atomic mass is 10.1. The Balaban J connectivity index is 1.26. The molecule has 3 heterocycles. The van der Waals surface area contributed by atoms with Gasteiger partial charge in [-0.05, 0) is 29.3 Å². The zero-order chi connectivity index (χ0) is 20.3. The monoisotopic (exact) mass is 403 g/mol. The molecule has 0 unspecified atom stereocenters. The number of hydrogen-bond acceptors (Lipinski definition) is 5. The van der Waals surface area contributed by atoms with Gasteiger partial charge in [0.2, 0.25) is 5.95 Å². The summed E-state index contributed by atoms with van der Waals surface area (Å²) in [4.78, 5) is 25.6. The highest BCUT2D eigenvalue weighted by atomic mass is 16.5. The molecule has 2 saturated heterocycles.